The van der Waals surface area contributed by atoms with Crippen molar-refractivity contribution in [2.75, 3.05) is 20.3 Å². The second kappa shape index (κ2) is 8.00. The number of carbonyl (C=O) groups is 1. The highest BCUT2D eigenvalue weighted by Gasteiger charge is 2.12. The molecule has 1 N–H and O–H groups in total. The first-order valence-electron chi connectivity index (χ1n) is 7.08. The van der Waals surface area contributed by atoms with Crippen molar-refractivity contribution in [3.63, 3.8) is 0 Å². The number of halogens is 1. The molecule has 22 heavy (non-hydrogen) atoms. The fourth-order valence-corrected chi connectivity index (χ4v) is 3.03. The van der Waals surface area contributed by atoms with E-state index in [0.29, 0.717) is 19.6 Å². The van der Waals surface area contributed by atoms with E-state index < -0.39 is 0 Å². The van der Waals surface area contributed by atoms with E-state index >= 15 is 0 Å². The van der Waals surface area contributed by atoms with Crippen LogP contribution in [0.25, 0.3) is 10.6 Å². The Balaban J connectivity index is 1.98. The third-order valence-electron chi connectivity index (χ3n) is 3.15. The number of nitrogens with zero attached hydrogens (tertiary/aromatic N) is 1. The molecule has 0 bridgehead atoms. The lowest BCUT2D eigenvalue weighted by Gasteiger charge is -2.03. The van der Waals surface area contributed by atoms with E-state index in [-0.39, 0.29) is 11.7 Å². The second-order valence-corrected chi connectivity index (χ2v) is 5.99. The summed E-state index contributed by atoms with van der Waals surface area (Å²) in [4.78, 5) is 17.3. The molecule has 1 aromatic heterocycles. The number of rotatable bonds is 7. The summed E-state index contributed by atoms with van der Waals surface area (Å²) in [7, 11) is 1.64. The molecular weight excluding hydrogens is 303 g/mol. The van der Waals surface area contributed by atoms with Gasteiger partial charge in [-0.3, -0.25) is 4.79 Å². The molecule has 0 unspecified atom stereocenters. The topological polar surface area (TPSA) is 51.2 Å². The molecule has 118 valence electrons. The number of ether oxygens (including phenoxy) is 1. The maximum Gasteiger partial charge on any atom is 0.225 e. The summed E-state index contributed by atoms with van der Waals surface area (Å²) >= 11 is 1.47. The summed E-state index contributed by atoms with van der Waals surface area (Å²) in [5.41, 5.74) is 1.71. The van der Waals surface area contributed by atoms with Gasteiger partial charge in [-0.25, -0.2) is 9.37 Å². The van der Waals surface area contributed by atoms with E-state index in [4.69, 9.17) is 4.74 Å². The molecule has 0 aliphatic carbocycles. The van der Waals surface area contributed by atoms with Crippen LogP contribution in [0.2, 0.25) is 0 Å². The summed E-state index contributed by atoms with van der Waals surface area (Å²) in [6.45, 7) is 3.13. The predicted octanol–water partition coefficient (Wildman–Crippen LogP) is 2.95. The molecule has 0 aliphatic rings. The predicted molar refractivity (Wildman–Crippen MR) is 85.5 cm³/mol. The van der Waals surface area contributed by atoms with Crippen molar-refractivity contribution in [3.8, 4) is 10.6 Å². The zero-order chi connectivity index (χ0) is 15.9. The van der Waals surface area contributed by atoms with Crippen LogP contribution < -0.4 is 5.32 Å². The average Bonchev–Trinajstić information content (AvgIpc) is 2.85. The van der Waals surface area contributed by atoms with E-state index in [1.54, 1.807) is 19.2 Å². The lowest BCUT2D eigenvalue weighted by atomic mass is 10.2. The molecule has 4 nitrogen and oxygen atoms in total. The van der Waals surface area contributed by atoms with Gasteiger partial charge in [-0.05, 0) is 37.6 Å². The molecular formula is C16H19FN2O2S. The minimum absolute atomic E-state index is 0.0199. The first-order valence-corrected chi connectivity index (χ1v) is 7.89. The van der Waals surface area contributed by atoms with Crippen molar-refractivity contribution < 1.29 is 13.9 Å². The van der Waals surface area contributed by atoms with Gasteiger partial charge in [0.05, 0.1) is 12.1 Å². The van der Waals surface area contributed by atoms with Gasteiger partial charge in [0, 0.05) is 30.7 Å². The number of amides is 1. The molecule has 0 saturated heterocycles. The van der Waals surface area contributed by atoms with Crippen molar-refractivity contribution in [3.05, 3.63) is 40.7 Å². The summed E-state index contributed by atoms with van der Waals surface area (Å²) in [6.07, 6.45) is 1.11. The van der Waals surface area contributed by atoms with Gasteiger partial charge < -0.3 is 10.1 Å². The Kier molecular flexibility index (Phi) is 6.03. The molecule has 2 rings (SSSR count). The van der Waals surface area contributed by atoms with E-state index in [1.165, 1.54) is 23.5 Å². The summed E-state index contributed by atoms with van der Waals surface area (Å²) in [5.74, 6) is -0.291. The number of nitrogens with one attached hydrogen (secondary N) is 1. The Morgan fingerprint density at radius 3 is 2.77 bits per heavy atom. The molecule has 0 saturated carbocycles. The minimum atomic E-state index is -0.271. The van der Waals surface area contributed by atoms with E-state index in [0.717, 1.165) is 27.6 Å². The first kappa shape index (κ1) is 16.6. The maximum atomic E-state index is 13.0. The van der Waals surface area contributed by atoms with Gasteiger partial charge in [0.15, 0.2) is 0 Å². The largest absolute Gasteiger partial charge is 0.385 e. The van der Waals surface area contributed by atoms with Crippen LogP contribution in [0.4, 0.5) is 4.39 Å². The summed E-state index contributed by atoms with van der Waals surface area (Å²) in [6, 6.07) is 6.22. The van der Waals surface area contributed by atoms with Crippen LogP contribution >= 0.6 is 11.3 Å². The Labute approximate surface area is 133 Å². The molecule has 1 aromatic carbocycles. The van der Waals surface area contributed by atoms with Gasteiger partial charge in [-0.15, -0.1) is 11.3 Å². The number of carbonyl (C=O) groups excluding carboxylic acids is 1. The number of aryl methyl sites for hydroxylation is 1. The van der Waals surface area contributed by atoms with Gasteiger partial charge in [0.1, 0.15) is 10.8 Å². The molecule has 1 heterocycles. The van der Waals surface area contributed by atoms with Crippen molar-refractivity contribution in [2.45, 2.75) is 19.8 Å². The number of thiazole rings is 1. The van der Waals surface area contributed by atoms with Gasteiger partial charge >= 0.3 is 0 Å². The van der Waals surface area contributed by atoms with E-state index in [1.807, 2.05) is 6.92 Å². The third-order valence-corrected chi connectivity index (χ3v) is 4.36. The highest BCUT2D eigenvalue weighted by Crippen LogP contribution is 2.28. The second-order valence-electron chi connectivity index (χ2n) is 4.91. The summed E-state index contributed by atoms with van der Waals surface area (Å²) < 4.78 is 17.9. The van der Waals surface area contributed by atoms with Crippen LogP contribution in [0.3, 0.4) is 0 Å². The summed E-state index contributed by atoms with van der Waals surface area (Å²) in [5, 5.41) is 3.67. The average molecular weight is 322 g/mol. The van der Waals surface area contributed by atoms with Crippen molar-refractivity contribution >= 4 is 17.2 Å². The fraction of sp³-hybridized carbons (Fsp3) is 0.375. The van der Waals surface area contributed by atoms with E-state index in [9.17, 15) is 9.18 Å². The van der Waals surface area contributed by atoms with Gasteiger partial charge in [0.25, 0.3) is 0 Å². The number of aromatic nitrogens is 1. The lowest BCUT2D eigenvalue weighted by molar-refractivity contribution is -0.120. The monoisotopic (exact) mass is 322 g/mol. The first-order chi connectivity index (χ1) is 10.6. The number of hydrogen-bond acceptors (Lipinski definition) is 4. The standard InChI is InChI=1S/C16H19FN2O2S/c1-11-14(10-15(20)18-8-3-9-21-2)22-16(19-11)12-4-6-13(17)7-5-12/h4-7H,3,8-10H2,1-2H3,(H,18,20). The molecule has 1 amide bonds. The Hall–Kier alpha value is -1.79. The zero-order valence-corrected chi connectivity index (χ0v) is 13.5. The Morgan fingerprint density at radius 2 is 2.09 bits per heavy atom. The van der Waals surface area contributed by atoms with Crippen LogP contribution in [0, 0.1) is 12.7 Å². The van der Waals surface area contributed by atoms with Gasteiger partial charge in [0.2, 0.25) is 5.91 Å². The lowest BCUT2D eigenvalue weighted by Crippen LogP contribution is -2.26. The molecule has 0 aliphatic heterocycles. The SMILES string of the molecule is COCCCNC(=O)Cc1sc(-c2ccc(F)cc2)nc1C. The highest BCUT2D eigenvalue weighted by atomic mass is 32.1. The Morgan fingerprint density at radius 1 is 1.36 bits per heavy atom. The molecule has 0 atom stereocenters. The van der Waals surface area contributed by atoms with Crippen LogP contribution in [0.15, 0.2) is 24.3 Å². The van der Waals surface area contributed by atoms with Crippen LogP contribution in [0.1, 0.15) is 17.0 Å². The fourth-order valence-electron chi connectivity index (χ4n) is 1.96. The third kappa shape index (κ3) is 4.61. The van der Waals surface area contributed by atoms with Crippen molar-refractivity contribution in [1.82, 2.24) is 10.3 Å². The quantitative estimate of drug-likeness (QED) is 0.797. The smallest absolute Gasteiger partial charge is 0.225 e. The van der Waals surface area contributed by atoms with Crippen LogP contribution in [-0.4, -0.2) is 31.2 Å². The number of benzene rings is 1. The van der Waals surface area contributed by atoms with Gasteiger partial charge in [-0.2, -0.15) is 0 Å². The van der Waals surface area contributed by atoms with Crippen molar-refractivity contribution in [1.29, 1.82) is 0 Å². The maximum absolute atomic E-state index is 13.0. The molecule has 0 fully saturated rings. The number of methoxy groups -OCH3 is 1. The highest BCUT2D eigenvalue weighted by molar-refractivity contribution is 7.15. The van der Waals surface area contributed by atoms with Crippen LogP contribution in [0.5, 0.6) is 0 Å². The van der Waals surface area contributed by atoms with Crippen molar-refractivity contribution in [2.24, 2.45) is 0 Å². The molecule has 2 aromatic rings. The Bertz CT molecular complexity index is 626. The molecule has 6 heteroatoms. The minimum Gasteiger partial charge on any atom is -0.385 e. The van der Waals surface area contributed by atoms with E-state index in [2.05, 4.69) is 10.3 Å². The molecule has 0 spiro atoms. The normalized spacial score (nSPS) is 10.7. The van der Waals surface area contributed by atoms with Gasteiger partial charge in [-0.1, -0.05) is 0 Å². The number of hydrogen-bond donors (Lipinski definition) is 1. The van der Waals surface area contributed by atoms with Crippen LogP contribution in [-0.2, 0) is 16.0 Å². The molecule has 0 radical (unpaired) electrons. The zero-order valence-electron chi connectivity index (χ0n) is 12.7.